The zero-order valence-corrected chi connectivity index (χ0v) is 16.4. The molecule has 7 nitrogen and oxygen atoms in total. The van der Waals surface area contributed by atoms with Gasteiger partial charge >= 0.3 is 0 Å². The summed E-state index contributed by atoms with van der Waals surface area (Å²) < 4.78 is 5.36. The first-order chi connectivity index (χ1) is 14.6. The van der Waals surface area contributed by atoms with Crippen molar-refractivity contribution < 1.29 is 19.1 Å². The van der Waals surface area contributed by atoms with Gasteiger partial charge in [-0.1, -0.05) is 18.2 Å². The van der Waals surface area contributed by atoms with Crippen LogP contribution in [-0.4, -0.2) is 41.3 Å². The highest BCUT2D eigenvalue weighted by Crippen LogP contribution is 2.65. The molecule has 5 aliphatic rings. The van der Waals surface area contributed by atoms with Crippen LogP contribution in [0.25, 0.3) is 10.9 Å². The number of likely N-dealkylation sites (tertiary alicyclic amines) is 1. The molecule has 1 aromatic carbocycles. The third kappa shape index (κ3) is 2.32. The number of pyridine rings is 1. The number of imide groups is 1. The normalized spacial score (nSPS) is 32.9. The van der Waals surface area contributed by atoms with Gasteiger partial charge in [0.2, 0.25) is 17.7 Å². The second kappa shape index (κ2) is 6.14. The molecule has 3 amide bonds. The van der Waals surface area contributed by atoms with Crippen molar-refractivity contribution in [3.05, 3.63) is 42.6 Å². The number of carbonyl (C=O) groups excluding carboxylic acids is 3. The molecule has 7 rings (SSSR count). The fourth-order valence-electron chi connectivity index (χ4n) is 5.94. The summed E-state index contributed by atoms with van der Waals surface area (Å²) in [6.07, 6.45) is 6.99. The molecule has 1 aliphatic heterocycles. The van der Waals surface area contributed by atoms with Crippen molar-refractivity contribution in [3.63, 3.8) is 0 Å². The van der Waals surface area contributed by atoms with Crippen LogP contribution in [0.15, 0.2) is 42.6 Å². The fraction of sp³-hybridized carbons (Fsp3) is 0.391. The number of hydrogen-bond donors (Lipinski definition) is 1. The van der Waals surface area contributed by atoms with E-state index >= 15 is 0 Å². The molecule has 0 radical (unpaired) electrons. The van der Waals surface area contributed by atoms with Gasteiger partial charge < -0.3 is 10.1 Å². The summed E-state index contributed by atoms with van der Waals surface area (Å²) in [6.45, 7) is -0.264. The van der Waals surface area contributed by atoms with Crippen molar-refractivity contribution >= 4 is 34.3 Å². The Balaban J connectivity index is 1.23. The minimum atomic E-state index is -0.405. The third-order valence-electron chi connectivity index (χ3n) is 7.28. The Hall–Kier alpha value is -3.22. The van der Waals surface area contributed by atoms with Crippen LogP contribution in [0.3, 0.4) is 0 Å². The predicted molar refractivity (Wildman–Crippen MR) is 108 cm³/mol. The predicted octanol–water partition coefficient (Wildman–Crippen LogP) is 2.24. The van der Waals surface area contributed by atoms with E-state index in [-0.39, 0.29) is 42.0 Å². The lowest BCUT2D eigenvalue weighted by molar-refractivity contribution is -0.142. The Morgan fingerprint density at radius 2 is 1.83 bits per heavy atom. The van der Waals surface area contributed by atoms with Gasteiger partial charge in [0.1, 0.15) is 12.3 Å². The zero-order chi connectivity index (χ0) is 20.6. The van der Waals surface area contributed by atoms with Crippen LogP contribution < -0.4 is 10.1 Å². The van der Waals surface area contributed by atoms with Crippen molar-refractivity contribution in [2.45, 2.75) is 6.42 Å². The van der Waals surface area contributed by atoms with Gasteiger partial charge in [-0.05, 0) is 48.3 Å². The largest absolute Gasteiger partial charge is 0.496 e. The maximum absolute atomic E-state index is 13.1. The fourth-order valence-corrected chi connectivity index (χ4v) is 5.94. The average molecular weight is 403 g/mol. The van der Waals surface area contributed by atoms with E-state index in [1.807, 2.05) is 6.07 Å². The topological polar surface area (TPSA) is 88.6 Å². The molecule has 2 bridgehead atoms. The first kappa shape index (κ1) is 17.6. The van der Waals surface area contributed by atoms with E-state index < -0.39 is 5.91 Å². The summed E-state index contributed by atoms with van der Waals surface area (Å²) in [5, 5.41) is 3.60. The lowest BCUT2D eigenvalue weighted by Gasteiger charge is -2.37. The van der Waals surface area contributed by atoms with Gasteiger partial charge in [0, 0.05) is 11.6 Å². The lowest BCUT2D eigenvalue weighted by Crippen LogP contribution is -2.40. The van der Waals surface area contributed by atoms with E-state index in [2.05, 4.69) is 22.5 Å². The van der Waals surface area contributed by atoms with Gasteiger partial charge in [0.05, 0.1) is 30.1 Å². The second-order valence-corrected chi connectivity index (χ2v) is 8.68. The Morgan fingerprint density at radius 3 is 2.50 bits per heavy atom. The third-order valence-corrected chi connectivity index (χ3v) is 7.28. The molecule has 4 aliphatic carbocycles. The number of allylic oxidation sites excluding steroid dienone is 2. The number of nitrogens with one attached hydrogen (secondary N) is 1. The van der Waals surface area contributed by atoms with Crippen LogP contribution >= 0.6 is 0 Å². The van der Waals surface area contributed by atoms with E-state index in [0.29, 0.717) is 28.8 Å². The Labute approximate surface area is 173 Å². The van der Waals surface area contributed by atoms with Crippen LogP contribution in [0.5, 0.6) is 5.75 Å². The number of hydrogen-bond acceptors (Lipinski definition) is 5. The summed E-state index contributed by atoms with van der Waals surface area (Å²) >= 11 is 0. The Morgan fingerprint density at radius 1 is 1.13 bits per heavy atom. The van der Waals surface area contributed by atoms with Gasteiger partial charge in [0.25, 0.3) is 0 Å². The molecule has 0 spiro atoms. The van der Waals surface area contributed by atoms with Gasteiger partial charge in [-0.15, -0.1) is 0 Å². The minimum absolute atomic E-state index is 0.157. The molecular formula is C23H21N3O4. The number of para-hydroxylation sites is 1. The monoisotopic (exact) mass is 403 g/mol. The number of anilines is 1. The molecule has 1 aromatic heterocycles. The first-order valence-corrected chi connectivity index (χ1v) is 10.3. The molecule has 1 saturated heterocycles. The molecule has 0 unspecified atom stereocenters. The summed E-state index contributed by atoms with van der Waals surface area (Å²) in [5.41, 5.74) is 1.12. The van der Waals surface area contributed by atoms with E-state index in [1.165, 1.54) is 4.90 Å². The average Bonchev–Trinajstić information content (AvgIpc) is 3.54. The number of fused-ring (bicyclic) bond motifs is 1. The van der Waals surface area contributed by atoms with Gasteiger partial charge in [0.15, 0.2) is 0 Å². The number of nitrogens with zero attached hydrogens (tertiary/aromatic N) is 2. The highest BCUT2D eigenvalue weighted by atomic mass is 16.5. The standard InChI is InChI=1S/C23H21N3O4/c1-30-17-7-8-24-21-13(17)3-2-4-16(21)25-18(27)10-26-22(28)19-11-5-6-12(15-9-14(11)15)20(19)23(26)29/h2-8,11-12,14-15,19-20H,9-10H2,1H3,(H,25,27)/t11-,12-,14-,15-,19-,20+/m1/s1. The molecule has 30 heavy (non-hydrogen) atoms. The van der Waals surface area contributed by atoms with E-state index in [0.717, 1.165) is 11.8 Å². The number of rotatable bonds is 4. The quantitative estimate of drug-likeness (QED) is 0.625. The summed E-state index contributed by atoms with van der Waals surface area (Å²) in [6, 6.07) is 7.17. The number of carbonyl (C=O) groups is 3. The highest BCUT2D eigenvalue weighted by molar-refractivity contribution is 6.10. The van der Waals surface area contributed by atoms with Gasteiger partial charge in [-0.25, -0.2) is 0 Å². The zero-order valence-electron chi connectivity index (χ0n) is 16.4. The molecule has 152 valence electrons. The number of methoxy groups -OCH3 is 1. The van der Waals surface area contributed by atoms with Crippen LogP contribution in [0, 0.1) is 35.5 Å². The number of amides is 3. The number of benzene rings is 1. The van der Waals surface area contributed by atoms with E-state index in [9.17, 15) is 14.4 Å². The van der Waals surface area contributed by atoms with Crippen LogP contribution in [0.4, 0.5) is 5.69 Å². The van der Waals surface area contributed by atoms with Crippen molar-refractivity contribution in [3.8, 4) is 5.75 Å². The second-order valence-electron chi connectivity index (χ2n) is 8.68. The van der Waals surface area contributed by atoms with E-state index in [4.69, 9.17) is 4.74 Å². The van der Waals surface area contributed by atoms with Gasteiger partial charge in [-0.3, -0.25) is 24.3 Å². The molecule has 6 atom stereocenters. The van der Waals surface area contributed by atoms with Gasteiger partial charge in [-0.2, -0.15) is 0 Å². The summed E-state index contributed by atoms with van der Waals surface area (Å²) in [7, 11) is 1.58. The molecule has 2 aromatic rings. The van der Waals surface area contributed by atoms with Crippen LogP contribution in [-0.2, 0) is 14.4 Å². The van der Waals surface area contributed by atoms with Crippen LogP contribution in [0.2, 0.25) is 0 Å². The van der Waals surface area contributed by atoms with Crippen molar-refractivity contribution in [2.75, 3.05) is 19.0 Å². The van der Waals surface area contributed by atoms with Crippen molar-refractivity contribution in [2.24, 2.45) is 35.5 Å². The van der Waals surface area contributed by atoms with Crippen molar-refractivity contribution in [1.82, 2.24) is 9.88 Å². The molecule has 1 N–H and O–H groups in total. The SMILES string of the molecule is COc1ccnc2c(NC(=O)CN3C(=O)[C@@H]4[C@@H]5C=C[C@H]([C@H]6C[C@H]56)[C@@H]4C3=O)cccc12. The Bertz CT molecular complexity index is 1110. The molecule has 3 fully saturated rings. The minimum Gasteiger partial charge on any atom is -0.496 e. The first-order valence-electron chi connectivity index (χ1n) is 10.3. The lowest BCUT2D eigenvalue weighted by atomic mass is 9.63. The number of aromatic nitrogens is 1. The highest BCUT2D eigenvalue weighted by Gasteiger charge is 2.67. The van der Waals surface area contributed by atoms with Crippen LogP contribution in [0.1, 0.15) is 6.42 Å². The summed E-state index contributed by atoms with van der Waals surface area (Å²) in [4.78, 5) is 44.4. The maximum Gasteiger partial charge on any atom is 0.244 e. The Kier molecular flexibility index (Phi) is 3.61. The molecule has 2 heterocycles. The van der Waals surface area contributed by atoms with Crippen molar-refractivity contribution in [1.29, 1.82) is 0 Å². The molecular weight excluding hydrogens is 382 g/mol. The molecule has 7 heteroatoms. The smallest absolute Gasteiger partial charge is 0.244 e. The number of ether oxygens (including phenoxy) is 1. The van der Waals surface area contributed by atoms with E-state index in [1.54, 1.807) is 31.5 Å². The summed E-state index contributed by atoms with van der Waals surface area (Å²) in [5.74, 6) is 0.704. The molecule has 2 saturated carbocycles. The maximum atomic E-state index is 13.1.